The molecule has 1 aliphatic rings. The zero-order chi connectivity index (χ0) is 21.5. The molecule has 0 bridgehead atoms. The van der Waals surface area contributed by atoms with Gasteiger partial charge < -0.3 is 19.7 Å². The third-order valence-electron chi connectivity index (χ3n) is 4.96. The molecule has 0 unspecified atom stereocenters. The van der Waals surface area contributed by atoms with Crippen LogP contribution in [0, 0.1) is 0 Å². The van der Waals surface area contributed by atoms with Gasteiger partial charge in [-0.05, 0) is 61.1 Å². The van der Waals surface area contributed by atoms with E-state index in [1.807, 2.05) is 0 Å². The predicted octanol–water partition coefficient (Wildman–Crippen LogP) is 4.65. The van der Waals surface area contributed by atoms with E-state index in [1.165, 1.54) is 12.2 Å². The van der Waals surface area contributed by atoms with E-state index >= 15 is 0 Å². The Hall–Kier alpha value is -3.54. The van der Waals surface area contributed by atoms with Crippen molar-refractivity contribution in [2.75, 3.05) is 7.11 Å². The highest BCUT2D eigenvalue weighted by molar-refractivity contribution is 6.11. The molecule has 0 aliphatic heterocycles. The fraction of sp³-hybridized carbons (Fsp3) is 0.250. The van der Waals surface area contributed by atoms with Crippen LogP contribution in [0.3, 0.4) is 0 Å². The fourth-order valence-electron chi connectivity index (χ4n) is 3.45. The molecule has 0 atom stereocenters. The average molecular weight is 408 g/mol. The average Bonchev–Trinajstić information content (AvgIpc) is 3.24. The Bertz CT molecular complexity index is 968. The molecule has 2 N–H and O–H groups in total. The molecule has 1 aliphatic carbocycles. The molecule has 1 fully saturated rings. The minimum atomic E-state index is -1.33. The number of carboxylic acids is 2. The molecule has 2 aromatic rings. The molecule has 6 heteroatoms. The third-order valence-corrected chi connectivity index (χ3v) is 4.96. The van der Waals surface area contributed by atoms with Crippen LogP contribution in [-0.4, -0.2) is 35.4 Å². The number of aliphatic carboxylic acids is 2. The lowest BCUT2D eigenvalue weighted by molar-refractivity contribution is -0.136. The summed E-state index contributed by atoms with van der Waals surface area (Å²) < 4.78 is 11.4. The molecular weight excluding hydrogens is 384 g/mol. The Morgan fingerprint density at radius 1 is 0.867 bits per heavy atom. The highest BCUT2D eigenvalue weighted by atomic mass is 16.5. The topological polar surface area (TPSA) is 93.1 Å². The first-order chi connectivity index (χ1) is 14.5. The van der Waals surface area contributed by atoms with Crippen LogP contribution in [0.2, 0.25) is 0 Å². The number of ether oxygens (including phenoxy) is 2. The van der Waals surface area contributed by atoms with E-state index in [-0.39, 0.29) is 17.3 Å². The van der Waals surface area contributed by atoms with Crippen molar-refractivity contribution in [3.8, 4) is 11.5 Å². The molecule has 0 heterocycles. The molecule has 3 rings (SSSR count). The molecule has 0 aromatic heterocycles. The summed E-state index contributed by atoms with van der Waals surface area (Å²) in [5.74, 6) is -1.57. The molecule has 0 spiro atoms. The Morgan fingerprint density at radius 3 is 2.03 bits per heavy atom. The third kappa shape index (κ3) is 5.29. The van der Waals surface area contributed by atoms with E-state index in [0.717, 1.165) is 25.7 Å². The van der Waals surface area contributed by atoms with Gasteiger partial charge in [0.05, 0.1) is 24.4 Å². The zero-order valence-corrected chi connectivity index (χ0v) is 16.7. The van der Waals surface area contributed by atoms with Gasteiger partial charge in [-0.15, -0.1) is 0 Å². The minimum Gasteiger partial charge on any atom is -0.493 e. The highest BCUT2D eigenvalue weighted by Gasteiger charge is 2.21. The van der Waals surface area contributed by atoms with Crippen LogP contribution in [0.25, 0.3) is 12.2 Å². The summed E-state index contributed by atoms with van der Waals surface area (Å²) in [5, 5.41) is 19.3. The molecular formula is C24H24O6. The first kappa shape index (κ1) is 21.2. The van der Waals surface area contributed by atoms with Crippen LogP contribution in [-0.2, 0) is 9.59 Å². The number of benzene rings is 2. The van der Waals surface area contributed by atoms with E-state index < -0.39 is 11.9 Å². The van der Waals surface area contributed by atoms with Gasteiger partial charge in [-0.3, -0.25) is 0 Å². The van der Waals surface area contributed by atoms with Gasteiger partial charge in [0, 0.05) is 0 Å². The summed E-state index contributed by atoms with van der Waals surface area (Å²) in [6.45, 7) is 0. The number of carboxylic acid groups (broad SMARTS) is 2. The number of hydrogen-bond donors (Lipinski definition) is 2. The molecule has 6 nitrogen and oxygen atoms in total. The molecule has 156 valence electrons. The fourth-order valence-corrected chi connectivity index (χ4v) is 3.45. The van der Waals surface area contributed by atoms with Crippen molar-refractivity contribution >= 4 is 24.1 Å². The number of rotatable bonds is 8. The molecule has 2 aromatic carbocycles. The standard InChI is InChI=1S/C24H24O6/c1-29-21-12-11-17(15-22(21)30-18-9-5-6-10-18)14-20(24(27)28)19(23(25)26)13-16-7-3-2-4-8-16/h2-4,7-8,11-15,18H,5-6,9-10H2,1H3,(H,25,26)(H,27,28)/b19-13+,20-14+. The molecule has 0 radical (unpaired) electrons. The molecule has 1 saturated carbocycles. The largest absolute Gasteiger partial charge is 0.493 e. The smallest absolute Gasteiger partial charge is 0.336 e. The van der Waals surface area contributed by atoms with Crippen LogP contribution in [0.4, 0.5) is 0 Å². The predicted molar refractivity (Wildman–Crippen MR) is 114 cm³/mol. The second-order valence-electron chi connectivity index (χ2n) is 7.07. The summed E-state index contributed by atoms with van der Waals surface area (Å²) >= 11 is 0. The van der Waals surface area contributed by atoms with Gasteiger partial charge in [-0.1, -0.05) is 36.4 Å². The maximum atomic E-state index is 11.9. The van der Waals surface area contributed by atoms with E-state index in [2.05, 4.69) is 0 Å². The van der Waals surface area contributed by atoms with Crippen molar-refractivity contribution in [1.82, 2.24) is 0 Å². The first-order valence-corrected chi connectivity index (χ1v) is 9.78. The summed E-state index contributed by atoms with van der Waals surface area (Å²) in [6.07, 6.45) is 6.95. The van der Waals surface area contributed by atoms with Crippen molar-refractivity contribution in [1.29, 1.82) is 0 Å². The number of carbonyl (C=O) groups is 2. The second kappa shape index (κ2) is 9.78. The molecule has 30 heavy (non-hydrogen) atoms. The normalized spacial score (nSPS) is 15.1. The van der Waals surface area contributed by atoms with Crippen LogP contribution < -0.4 is 9.47 Å². The lowest BCUT2D eigenvalue weighted by Gasteiger charge is -2.16. The monoisotopic (exact) mass is 408 g/mol. The van der Waals surface area contributed by atoms with Crippen molar-refractivity contribution in [2.45, 2.75) is 31.8 Å². The van der Waals surface area contributed by atoms with Crippen molar-refractivity contribution in [3.05, 3.63) is 70.8 Å². The van der Waals surface area contributed by atoms with E-state index in [4.69, 9.17) is 9.47 Å². The van der Waals surface area contributed by atoms with Crippen LogP contribution in [0.1, 0.15) is 36.8 Å². The van der Waals surface area contributed by atoms with Crippen molar-refractivity contribution < 1.29 is 29.3 Å². The number of methoxy groups -OCH3 is 1. The Labute approximate surface area is 175 Å². The number of hydrogen-bond acceptors (Lipinski definition) is 4. The van der Waals surface area contributed by atoms with Crippen LogP contribution in [0.15, 0.2) is 59.7 Å². The van der Waals surface area contributed by atoms with E-state index in [1.54, 1.807) is 55.6 Å². The Morgan fingerprint density at radius 2 is 1.47 bits per heavy atom. The van der Waals surface area contributed by atoms with Crippen molar-refractivity contribution in [3.63, 3.8) is 0 Å². The first-order valence-electron chi connectivity index (χ1n) is 9.78. The van der Waals surface area contributed by atoms with E-state index in [9.17, 15) is 19.8 Å². The van der Waals surface area contributed by atoms with Gasteiger partial charge in [-0.25, -0.2) is 9.59 Å². The van der Waals surface area contributed by atoms with E-state index in [0.29, 0.717) is 22.6 Å². The Kier molecular flexibility index (Phi) is 6.91. The van der Waals surface area contributed by atoms with Gasteiger partial charge >= 0.3 is 11.9 Å². The quantitative estimate of drug-likeness (QED) is 0.488. The lowest BCUT2D eigenvalue weighted by Crippen LogP contribution is -2.12. The minimum absolute atomic E-state index is 0.102. The summed E-state index contributed by atoms with van der Waals surface area (Å²) in [6, 6.07) is 13.8. The molecule has 0 saturated heterocycles. The lowest BCUT2D eigenvalue weighted by atomic mass is 10.00. The highest BCUT2D eigenvalue weighted by Crippen LogP contribution is 2.33. The zero-order valence-electron chi connectivity index (χ0n) is 16.7. The van der Waals surface area contributed by atoms with Crippen LogP contribution in [0.5, 0.6) is 11.5 Å². The maximum absolute atomic E-state index is 11.9. The van der Waals surface area contributed by atoms with Gasteiger partial charge in [0.1, 0.15) is 0 Å². The molecule has 0 amide bonds. The van der Waals surface area contributed by atoms with Crippen molar-refractivity contribution in [2.24, 2.45) is 0 Å². The Balaban J connectivity index is 2.00. The summed E-state index contributed by atoms with van der Waals surface area (Å²) in [7, 11) is 1.54. The maximum Gasteiger partial charge on any atom is 0.336 e. The van der Waals surface area contributed by atoms with Gasteiger partial charge in [-0.2, -0.15) is 0 Å². The SMILES string of the molecule is COc1ccc(/C=C(C(=O)O)\C(=C/c2ccccc2)C(=O)O)cc1OC1CCCC1. The summed E-state index contributed by atoms with van der Waals surface area (Å²) in [4.78, 5) is 23.7. The van der Waals surface area contributed by atoms with Crippen LogP contribution >= 0.6 is 0 Å². The second-order valence-corrected chi connectivity index (χ2v) is 7.07. The summed E-state index contributed by atoms with van der Waals surface area (Å²) in [5.41, 5.74) is 0.495. The van der Waals surface area contributed by atoms with Gasteiger partial charge in [0.25, 0.3) is 0 Å². The van der Waals surface area contributed by atoms with Gasteiger partial charge in [0.15, 0.2) is 11.5 Å². The van der Waals surface area contributed by atoms with Gasteiger partial charge in [0.2, 0.25) is 0 Å².